The van der Waals surface area contributed by atoms with Gasteiger partial charge in [0.2, 0.25) is 11.4 Å². The van der Waals surface area contributed by atoms with Crippen molar-refractivity contribution in [2.45, 2.75) is 51.7 Å². The van der Waals surface area contributed by atoms with Gasteiger partial charge in [0.15, 0.2) is 0 Å². The second kappa shape index (κ2) is 9.32. The predicted molar refractivity (Wildman–Crippen MR) is 106 cm³/mol. The van der Waals surface area contributed by atoms with Crippen LogP contribution in [0.4, 0.5) is 9.93 Å². The summed E-state index contributed by atoms with van der Waals surface area (Å²) in [7, 11) is 0. The standard InChI is InChI=1S/C16H24BrClN4O3S/c1-16(2,3)13-19-20-14(26-13)22-11(25-12(23)6-4-7-17)10-21(15(22)24)9-5-8-18/h11H,4-10H2,1-3H3. The fraction of sp³-hybridized carbons (Fsp3) is 0.750. The molecule has 1 aliphatic heterocycles. The Morgan fingerprint density at radius 1 is 1.38 bits per heavy atom. The molecule has 10 heteroatoms. The Morgan fingerprint density at radius 2 is 2.12 bits per heavy atom. The van der Waals surface area contributed by atoms with Crippen LogP contribution in [0.2, 0.25) is 0 Å². The van der Waals surface area contributed by atoms with E-state index in [1.54, 1.807) is 4.90 Å². The van der Waals surface area contributed by atoms with Crippen LogP contribution in [0.1, 0.15) is 45.0 Å². The number of anilines is 1. The molecule has 0 N–H and O–H groups in total. The number of halogens is 2. The molecule has 26 heavy (non-hydrogen) atoms. The third kappa shape index (κ3) is 5.29. The van der Waals surface area contributed by atoms with Crippen LogP contribution >= 0.6 is 38.9 Å². The van der Waals surface area contributed by atoms with E-state index in [9.17, 15) is 9.59 Å². The minimum atomic E-state index is -0.693. The highest BCUT2D eigenvalue weighted by Crippen LogP contribution is 2.33. The average molecular weight is 468 g/mol. The molecule has 146 valence electrons. The third-order valence-corrected chi connectivity index (χ3v) is 5.92. The van der Waals surface area contributed by atoms with Crippen LogP contribution in [0.15, 0.2) is 0 Å². The van der Waals surface area contributed by atoms with E-state index < -0.39 is 6.23 Å². The van der Waals surface area contributed by atoms with Gasteiger partial charge < -0.3 is 9.64 Å². The highest BCUT2D eigenvalue weighted by molar-refractivity contribution is 9.09. The van der Waals surface area contributed by atoms with E-state index in [2.05, 4.69) is 26.1 Å². The molecule has 1 aliphatic rings. The van der Waals surface area contributed by atoms with E-state index in [4.69, 9.17) is 16.3 Å². The van der Waals surface area contributed by atoms with Crippen molar-refractivity contribution in [3.8, 4) is 0 Å². The Labute approximate surface area is 171 Å². The summed E-state index contributed by atoms with van der Waals surface area (Å²) in [6.45, 7) is 6.92. The third-order valence-electron chi connectivity index (χ3n) is 3.75. The van der Waals surface area contributed by atoms with E-state index >= 15 is 0 Å². The maximum atomic E-state index is 12.8. The number of urea groups is 1. The largest absolute Gasteiger partial charge is 0.439 e. The van der Waals surface area contributed by atoms with Crippen molar-refractivity contribution in [3.05, 3.63) is 5.01 Å². The summed E-state index contributed by atoms with van der Waals surface area (Å²) in [6.07, 6.45) is 0.966. The van der Waals surface area contributed by atoms with Gasteiger partial charge in [-0.2, -0.15) is 0 Å². The highest BCUT2D eigenvalue weighted by atomic mass is 79.9. The maximum absolute atomic E-state index is 12.8. The second-order valence-electron chi connectivity index (χ2n) is 7.02. The first-order valence-corrected chi connectivity index (χ1v) is 11.0. The van der Waals surface area contributed by atoms with Crippen molar-refractivity contribution in [1.29, 1.82) is 0 Å². The molecule has 0 bridgehead atoms. The van der Waals surface area contributed by atoms with Gasteiger partial charge in [0.1, 0.15) is 5.01 Å². The fourth-order valence-electron chi connectivity index (χ4n) is 2.39. The molecular weight excluding hydrogens is 444 g/mol. The smallest absolute Gasteiger partial charge is 0.329 e. The molecule has 1 saturated heterocycles. The number of esters is 1. The van der Waals surface area contributed by atoms with Gasteiger partial charge >= 0.3 is 12.0 Å². The molecule has 2 amide bonds. The van der Waals surface area contributed by atoms with Gasteiger partial charge in [0, 0.05) is 29.6 Å². The zero-order valence-corrected chi connectivity index (χ0v) is 18.4. The van der Waals surface area contributed by atoms with Crippen molar-refractivity contribution in [2.24, 2.45) is 0 Å². The minimum absolute atomic E-state index is 0.168. The molecule has 0 spiro atoms. The summed E-state index contributed by atoms with van der Waals surface area (Å²) in [5.74, 6) is 0.138. The Morgan fingerprint density at radius 3 is 2.69 bits per heavy atom. The summed E-state index contributed by atoms with van der Waals surface area (Å²) < 4.78 is 5.57. The van der Waals surface area contributed by atoms with E-state index in [1.165, 1.54) is 16.2 Å². The summed E-state index contributed by atoms with van der Waals surface area (Å²) in [5, 5.41) is 10.4. The molecule has 0 aliphatic carbocycles. The summed E-state index contributed by atoms with van der Waals surface area (Å²) >= 11 is 10.4. The molecule has 1 fully saturated rings. The molecule has 1 aromatic heterocycles. The van der Waals surface area contributed by atoms with Crippen molar-refractivity contribution >= 4 is 56.0 Å². The molecule has 0 aromatic carbocycles. The maximum Gasteiger partial charge on any atom is 0.329 e. The number of nitrogens with zero attached hydrogens (tertiary/aromatic N) is 4. The topological polar surface area (TPSA) is 75.6 Å². The molecule has 0 saturated carbocycles. The van der Waals surface area contributed by atoms with Crippen LogP contribution in [0, 0.1) is 0 Å². The second-order valence-corrected chi connectivity index (χ2v) is 9.14. The zero-order chi connectivity index (χ0) is 19.3. The number of ether oxygens (including phenoxy) is 1. The molecule has 7 nitrogen and oxygen atoms in total. The minimum Gasteiger partial charge on any atom is -0.439 e. The molecule has 1 atom stereocenters. The first kappa shape index (κ1) is 21.4. The van der Waals surface area contributed by atoms with Gasteiger partial charge in [-0.15, -0.1) is 21.8 Å². The van der Waals surface area contributed by atoms with Crippen molar-refractivity contribution in [3.63, 3.8) is 0 Å². The van der Waals surface area contributed by atoms with Crippen molar-refractivity contribution in [2.75, 3.05) is 29.2 Å². The van der Waals surface area contributed by atoms with E-state index in [1.807, 2.05) is 20.8 Å². The van der Waals surface area contributed by atoms with E-state index in [-0.39, 0.29) is 17.4 Å². The summed E-state index contributed by atoms with van der Waals surface area (Å²) in [4.78, 5) is 28.0. The lowest BCUT2D eigenvalue weighted by Gasteiger charge is -2.20. The predicted octanol–water partition coefficient (Wildman–Crippen LogP) is 3.75. The Bertz CT molecular complexity index is 637. The van der Waals surface area contributed by atoms with Gasteiger partial charge in [0.25, 0.3) is 0 Å². The SMILES string of the molecule is CC(C)(C)c1nnc(N2C(=O)N(CCCCl)CC2OC(=O)CCCBr)s1. The van der Waals surface area contributed by atoms with E-state index in [0.29, 0.717) is 43.4 Å². The van der Waals surface area contributed by atoms with Gasteiger partial charge in [-0.05, 0) is 12.8 Å². The lowest BCUT2D eigenvalue weighted by Crippen LogP contribution is -2.37. The van der Waals surface area contributed by atoms with Crippen LogP contribution < -0.4 is 4.90 Å². The quantitative estimate of drug-likeness (QED) is 0.430. The van der Waals surface area contributed by atoms with Gasteiger partial charge in [-0.1, -0.05) is 48.0 Å². The van der Waals surface area contributed by atoms with Gasteiger partial charge in [-0.25, -0.2) is 9.69 Å². The molecule has 2 heterocycles. The molecule has 2 rings (SSSR count). The lowest BCUT2D eigenvalue weighted by molar-refractivity contribution is -0.148. The fourth-order valence-corrected chi connectivity index (χ4v) is 3.73. The lowest BCUT2D eigenvalue weighted by atomic mass is 9.98. The van der Waals surface area contributed by atoms with E-state index in [0.717, 1.165) is 10.3 Å². The first-order valence-electron chi connectivity index (χ1n) is 8.51. The van der Waals surface area contributed by atoms with Crippen LogP contribution in [-0.4, -0.2) is 57.6 Å². The molecular formula is C16H24BrClN4O3S. The van der Waals surface area contributed by atoms with Crippen molar-refractivity contribution in [1.82, 2.24) is 15.1 Å². The van der Waals surface area contributed by atoms with Crippen LogP contribution in [0.3, 0.4) is 0 Å². The number of carbonyl (C=O) groups excluding carboxylic acids is 2. The van der Waals surface area contributed by atoms with Gasteiger partial charge in [0.05, 0.1) is 6.54 Å². The number of aromatic nitrogens is 2. The summed E-state index contributed by atoms with van der Waals surface area (Å²) in [6, 6.07) is -0.231. The zero-order valence-electron chi connectivity index (χ0n) is 15.2. The number of hydrogen-bond acceptors (Lipinski definition) is 6. The average Bonchev–Trinajstić information content (AvgIpc) is 3.16. The Hall–Kier alpha value is -0.930. The molecule has 0 radical (unpaired) electrons. The number of carbonyl (C=O) groups is 2. The number of rotatable bonds is 8. The monoisotopic (exact) mass is 466 g/mol. The first-order chi connectivity index (χ1) is 12.3. The van der Waals surface area contributed by atoms with Crippen LogP contribution in [-0.2, 0) is 14.9 Å². The van der Waals surface area contributed by atoms with Crippen LogP contribution in [0.25, 0.3) is 0 Å². The van der Waals surface area contributed by atoms with Crippen LogP contribution in [0.5, 0.6) is 0 Å². The number of alkyl halides is 2. The molecule has 1 aromatic rings. The normalized spacial score (nSPS) is 17.9. The Balaban J connectivity index is 2.20. The summed E-state index contributed by atoms with van der Waals surface area (Å²) in [5.41, 5.74) is -0.168. The molecule has 1 unspecified atom stereocenters. The number of hydrogen-bond donors (Lipinski definition) is 0. The Kier molecular flexibility index (Phi) is 7.66. The van der Waals surface area contributed by atoms with Crippen molar-refractivity contribution < 1.29 is 14.3 Å². The highest BCUT2D eigenvalue weighted by Gasteiger charge is 2.42. The van der Waals surface area contributed by atoms with Gasteiger partial charge in [-0.3, -0.25) is 4.79 Å². The number of amides is 2.